The molecule has 3 aromatic carbocycles. The SMILES string of the molecule is Cc1ccccc1N1CCNCC1c1cccc(-c2cccc(S(C)(=O)=O)c2)c1. The van der Waals surface area contributed by atoms with E-state index in [1.807, 2.05) is 12.1 Å². The van der Waals surface area contributed by atoms with Crippen molar-refractivity contribution >= 4 is 15.5 Å². The van der Waals surface area contributed by atoms with Gasteiger partial charge in [-0.05, 0) is 53.4 Å². The van der Waals surface area contributed by atoms with Gasteiger partial charge in [-0.1, -0.05) is 48.5 Å². The molecule has 0 saturated carbocycles. The molecular weight excluding hydrogens is 380 g/mol. The minimum Gasteiger partial charge on any atom is -0.362 e. The highest BCUT2D eigenvalue weighted by Gasteiger charge is 2.25. The third-order valence-corrected chi connectivity index (χ3v) is 6.65. The standard InChI is InChI=1S/C24H26N2O2S/c1-18-7-3-4-12-23(18)26-14-13-25-17-24(26)21-10-5-8-19(15-21)20-9-6-11-22(16-20)29(2,27)28/h3-12,15-16,24-25H,13-14,17H2,1-2H3. The first kappa shape index (κ1) is 19.7. The van der Waals surface area contributed by atoms with E-state index in [0.717, 1.165) is 30.8 Å². The summed E-state index contributed by atoms with van der Waals surface area (Å²) >= 11 is 0. The lowest BCUT2D eigenvalue weighted by atomic mass is 9.96. The zero-order chi connectivity index (χ0) is 20.4. The number of piperazine rings is 1. The largest absolute Gasteiger partial charge is 0.362 e. The highest BCUT2D eigenvalue weighted by molar-refractivity contribution is 7.90. The van der Waals surface area contributed by atoms with Crippen LogP contribution in [0.1, 0.15) is 17.2 Å². The molecule has 0 spiro atoms. The summed E-state index contributed by atoms with van der Waals surface area (Å²) in [7, 11) is -3.23. The molecule has 29 heavy (non-hydrogen) atoms. The van der Waals surface area contributed by atoms with Gasteiger partial charge >= 0.3 is 0 Å². The molecule has 5 heteroatoms. The van der Waals surface area contributed by atoms with Gasteiger partial charge in [0.15, 0.2) is 9.84 Å². The maximum atomic E-state index is 11.9. The molecule has 150 valence electrons. The average Bonchev–Trinajstić information content (AvgIpc) is 2.74. The van der Waals surface area contributed by atoms with Crippen molar-refractivity contribution in [1.82, 2.24) is 5.32 Å². The molecule has 0 aromatic heterocycles. The predicted octanol–water partition coefficient (Wildman–Crippen LogP) is 4.22. The van der Waals surface area contributed by atoms with Crippen LogP contribution in [-0.4, -0.2) is 34.3 Å². The van der Waals surface area contributed by atoms with E-state index in [-0.39, 0.29) is 6.04 Å². The Hall–Kier alpha value is -2.63. The van der Waals surface area contributed by atoms with Crippen molar-refractivity contribution in [2.75, 3.05) is 30.8 Å². The summed E-state index contributed by atoms with van der Waals surface area (Å²) in [6, 6.07) is 24.3. The molecule has 0 aliphatic carbocycles. The molecule has 0 bridgehead atoms. The quantitative estimate of drug-likeness (QED) is 0.705. The number of hydrogen-bond acceptors (Lipinski definition) is 4. The van der Waals surface area contributed by atoms with Gasteiger partial charge in [0.05, 0.1) is 10.9 Å². The number of rotatable bonds is 4. The number of hydrogen-bond donors (Lipinski definition) is 1. The minimum absolute atomic E-state index is 0.225. The van der Waals surface area contributed by atoms with Crippen molar-refractivity contribution < 1.29 is 8.42 Å². The molecule has 4 nitrogen and oxygen atoms in total. The molecule has 0 radical (unpaired) electrons. The lowest BCUT2D eigenvalue weighted by Crippen LogP contribution is -2.46. The summed E-state index contributed by atoms with van der Waals surface area (Å²) in [5, 5.41) is 3.52. The smallest absolute Gasteiger partial charge is 0.175 e. The van der Waals surface area contributed by atoms with E-state index in [1.165, 1.54) is 23.1 Å². The lowest BCUT2D eigenvalue weighted by Gasteiger charge is -2.39. The second-order valence-electron chi connectivity index (χ2n) is 7.63. The zero-order valence-electron chi connectivity index (χ0n) is 16.8. The van der Waals surface area contributed by atoms with Crippen LogP contribution < -0.4 is 10.2 Å². The minimum atomic E-state index is -3.23. The van der Waals surface area contributed by atoms with Crippen molar-refractivity contribution in [2.45, 2.75) is 17.9 Å². The number of aryl methyl sites for hydroxylation is 1. The van der Waals surface area contributed by atoms with Gasteiger partial charge < -0.3 is 10.2 Å². The molecular formula is C24H26N2O2S. The zero-order valence-corrected chi connectivity index (χ0v) is 17.6. The van der Waals surface area contributed by atoms with Gasteiger partial charge in [0.25, 0.3) is 0 Å². The summed E-state index contributed by atoms with van der Waals surface area (Å²) in [5.41, 5.74) is 5.71. The van der Waals surface area contributed by atoms with Crippen LogP contribution in [0.2, 0.25) is 0 Å². The Bertz CT molecular complexity index is 1120. The van der Waals surface area contributed by atoms with Crippen molar-refractivity contribution in [1.29, 1.82) is 0 Å². The Morgan fingerprint density at radius 1 is 0.931 bits per heavy atom. The fourth-order valence-electron chi connectivity index (χ4n) is 4.01. The summed E-state index contributed by atoms with van der Waals surface area (Å²) < 4.78 is 23.9. The van der Waals surface area contributed by atoms with E-state index < -0.39 is 9.84 Å². The van der Waals surface area contributed by atoms with Gasteiger partial charge in [-0.2, -0.15) is 0 Å². The number of nitrogens with one attached hydrogen (secondary N) is 1. The van der Waals surface area contributed by atoms with Crippen LogP contribution in [0.3, 0.4) is 0 Å². The Kier molecular flexibility index (Phi) is 5.43. The van der Waals surface area contributed by atoms with Crippen molar-refractivity contribution in [3.8, 4) is 11.1 Å². The Labute approximate surface area is 173 Å². The topological polar surface area (TPSA) is 49.4 Å². The van der Waals surface area contributed by atoms with Gasteiger partial charge in [0.2, 0.25) is 0 Å². The maximum absolute atomic E-state index is 11.9. The fourth-order valence-corrected chi connectivity index (χ4v) is 4.67. The van der Waals surface area contributed by atoms with Gasteiger partial charge in [-0.25, -0.2) is 8.42 Å². The molecule has 0 amide bonds. The Morgan fingerprint density at radius 3 is 2.41 bits per heavy atom. The van der Waals surface area contributed by atoms with Crippen molar-refractivity contribution in [3.63, 3.8) is 0 Å². The summed E-state index contributed by atoms with van der Waals surface area (Å²) in [6.07, 6.45) is 1.25. The van der Waals surface area contributed by atoms with Gasteiger partial charge in [0.1, 0.15) is 0 Å². The second kappa shape index (κ2) is 8.01. The first-order valence-electron chi connectivity index (χ1n) is 9.87. The maximum Gasteiger partial charge on any atom is 0.175 e. The normalized spacial score (nSPS) is 17.3. The van der Waals surface area contributed by atoms with E-state index in [4.69, 9.17) is 0 Å². The first-order chi connectivity index (χ1) is 13.9. The fraction of sp³-hybridized carbons (Fsp3) is 0.250. The van der Waals surface area contributed by atoms with Crippen LogP contribution in [0, 0.1) is 6.92 Å². The molecule has 1 aliphatic heterocycles. The number of para-hydroxylation sites is 1. The monoisotopic (exact) mass is 406 g/mol. The highest BCUT2D eigenvalue weighted by Crippen LogP contribution is 2.33. The number of nitrogens with zero attached hydrogens (tertiary/aromatic N) is 1. The van der Waals surface area contributed by atoms with Crippen LogP contribution in [0.25, 0.3) is 11.1 Å². The molecule has 1 fully saturated rings. The van der Waals surface area contributed by atoms with Crippen LogP contribution in [0.15, 0.2) is 77.7 Å². The third-order valence-electron chi connectivity index (χ3n) is 5.54. The number of sulfone groups is 1. The summed E-state index contributed by atoms with van der Waals surface area (Å²) in [6.45, 7) is 4.94. The van der Waals surface area contributed by atoms with E-state index in [9.17, 15) is 8.42 Å². The Morgan fingerprint density at radius 2 is 1.66 bits per heavy atom. The number of benzene rings is 3. The lowest BCUT2D eigenvalue weighted by molar-refractivity contribution is 0.489. The summed E-state index contributed by atoms with van der Waals surface area (Å²) in [4.78, 5) is 2.82. The van der Waals surface area contributed by atoms with E-state index >= 15 is 0 Å². The molecule has 1 atom stereocenters. The first-order valence-corrected chi connectivity index (χ1v) is 11.8. The van der Waals surface area contributed by atoms with Crippen LogP contribution in [0.4, 0.5) is 5.69 Å². The molecule has 4 rings (SSSR count). The van der Waals surface area contributed by atoms with Crippen LogP contribution >= 0.6 is 0 Å². The third kappa shape index (κ3) is 4.21. The van der Waals surface area contributed by atoms with Crippen molar-refractivity contribution in [2.24, 2.45) is 0 Å². The average molecular weight is 407 g/mol. The van der Waals surface area contributed by atoms with E-state index in [2.05, 4.69) is 59.6 Å². The molecule has 3 aromatic rings. The van der Waals surface area contributed by atoms with Gasteiger partial charge in [-0.3, -0.25) is 0 Å². The highest BCUT2D eigenvalue weighted by atomic mass is 32.2. The molecule has 1 saturated heterocycles. The van der Waals surface area contributed by atoms with E-state index in [0.29, 0.717) is 4.90 Å². The molecule has 1 aliphatic rings. The van der Waals surface area contributed by atoms with Crippen molar-refractivity contribution in [3.05, 3.63) is 83.9 Å². The van der Waals surface area contributed by atoms with E-state index in [1.54, 1.807) is 18.2 Å². The Balaban J connectivity index is 1.72. The second-order valence-corrected chi connectivity index (χ2v) is 9.64. The van der Waals surface area contributed by atoms with Crippen LogP contribution in [0.5, 0.6) is 0 Å². The number of anilines is 1. The van der Waals surface area contributed by atoms with Gasteiger partial charge in [-0.15, -0.1) is 0 Å². The predicted molar refractivity (Wildman–Crippen MR) is 119 cm³/mol. The summed E-state index contributed by atoms with van der Waals surface area (Å²) in [5.74, 6) is 0. The molecule has 1 unspecified atom stereocenters. The van der Waals surface area contributed by atoms with Gasteiger partial charge in [0, 0.05) is 31.6 Å². The molecule has 1 N–H and O–H groups in total. The van der Waals surface area contributed by atoms with Crippen LogP contribution in [-0.2, 0) is 9.84 Å². The molecule has 1 heterocycles.